The van der Waals surface area contributed by atoms with Crippen LogP contribution < -0.4 is 14.8 Å². The molecule has 216 valence electrons. The first-order valence-corrected chi connectivity index (χ1v) is 14.1. The molecule has 0 spiro atoms. The van der Waals surface area contributed by atoms with Crippen molar-refractivity contribution in [2.75, 3.05) is 13.7 Å². The van der Waals surface area contributed by atoms with E-state index >= 15 is 0 Å². The molecular formula is C31H34ClN3O6. The van der Waals surface area contributed by atoms with Crippen molar-refractivity contribution in [1.29, 1.82) is 0 Å². The van der Waals surface area contributed by atoms with E-state index in [1.807, 2.05) is 42.5 Å². The summed E-state index contributed by atoms with van der Waals surface area (Å²) in [4.78, 5) is 39.9. The topological polar surface area (TPSA) is 111 Å². The molecule has 2 amide bonds. The minimum Gasteiger partial charge on any atom is -0.490 e. The number of nitro groups is 1. The lowest BCUT2D eigenvalue weighted by molar-refractivity contribution is -0.385. The summed E-state index contributed by atoms with van der Waals surface area (Å²) < 4.78 is 10.9. The molecule has 3 aromatic carbocycles. The number of hydrogen-bond donors (Lipinski definition) is 1. The molecule has 0 aromatic heterocycles. The predicted octanol–water partition coefficient (Wildman–Crippen LogP) is 5.72. The van der Waals surface area contributed by atoms with E-state index < -0.39 is 23.5 Å². The SMILES string of the molecule is COc1cc(OCC(=O)N(Cc2ccccc2Cl)[C@@H](Cc2ccccc2)C(=O)NC2CCCCC2)ccc1[N+](=O)[O-]. The molecule has 10 heteroatoms. The summed E-state index contributed by atoms with van der Waals surface area (Å²) in [5.74, 6) is -0.411. The second-order valence-corrected chi connectivity index (χ2v) is 10.4. The van der Waals surface area contributed by atoms with Gasteiger partial charge in [0.15, 0.2) is 6.61 Å². The third-order valence-corrected chi connectivity index (χ3v) is 7.60. The molecule has 0 aliphatic heterocycles. The minimum absolute atomic E-state index is 0.0155. The van der Waals surface area contributed by atoms with Crippen molar-refractivity contribution in [1.82, 2.24) is 10.2 Å². The van der Waals surface area contributed by atoms with Crippen LogP contribution in [0.5, 0.6) is 11.5 Å². The number of nitrogens with zero attached hydrogens (tertiary/aromatic N) is 2. The summed E-state index contributed by atoms with van der Waals surface area (Å²) in [6.45, 7) is -0.297. The van der Waals surface area contributed by atoms with Crippen molar-refractivity contribution in [3.63, 3.8) is 0 Å². The molecule has 41 heavy (non-hydrogen) atoms. The highest BCUT2D eigenvalue weighted by atomic mass is 35.5. The predicted molar refractivity (Wildman–Crippen MR) is 156 cm³/mol. The Balaban J connectivity index is 1.62. The van der Waals surface area contributed by atoms with Gasteiger partial charge in [-0.1, -0.05) is 79.4 Å². The normalized spacial score (nSPS) is 14.1. The molecule has 3 aromatic rings. The summed E-state index contributed by atoms with van der Waals surface area (Å²) in [5, 5.41) is 14.9. The van der Waals surface area contributed by atoms with Crippen LogP contribution in [0.2, 0.25) is 5.02 Å². The summed E-state index contributed by atoms with van der Waals surface area (Å²) >= 11 is 6.48. The summed E-state index contributed by atoms with van der Waals surface area (Å²) in [7, 11) is 1.32. The number of methoxy groups -OCH3 is 1. The number of rotatable bonds is 12. The number of hydrogen-bond acceptors (Lipinski definition) is 6. The molecule has 4 rings (SSSR count). The average molecular weight is 580 g/mol. The molecule has 0 radical (unpaired) electrons. The maximum absolute atomic E-state index is 13.8. The van der Waals surface area contributed by atoms with Crippen molar-refractivity contribution in [2.45, 2.75) is 57.2 Å². The van der Waals surface area contributed by atoms with Gasteiger partial charge in [-0.25, -0.2) is 0 Å². The molecule has 0 saturated heterocycles. The molecule has 1 fully saturated rings. The Labute approximate surface area is 244 Å². The molecule has 1 saturated carbocycles. The Hall–Kier alpha value is -4.11. The molecule has 1 atom stereocenters. The van der Waals surface area contributed by atoms with E-state index in [0.717, 1.165) is 37.7 Å². The van der Waals surface area contributed by atoms with Crippen LogP contribution in [0.3, 0.4) is 0 Å². The van der Waals surface area contributed by atoms with E-state index in [0.29, 0.717) is 17.0 Å². The maximum Gasteiger partial charge on any atom is 0.311 e. The van der Waals surface area contributed by atoms with Crippen molar-refractivity contribution in [2.24, 2.45) is 0 Å². The molecule has 0 unspecified atom stereocenters. The van der Waals surface area contributed by atoms with Crippen LogP contribution in [-0.2, 0) is 22.6 Å². The molecule has 0 bridgehead atoms. The van der Waals surface area contributed by atoms with Gasteiger partial charge in [-0.3, -0.25) is 19.7 Å². The molecule has 1 aliphatic carbocycles. The fraction of sp³-hybridized carbons (Fsp3) is 0.355. The van der Waals surface area contributed by atoms with Crippen molar-refractivity contribution in [3.8, 4) is 11.5 Å². The molecule has 1 aliphatic rings. The highest BCUT2D eigenvalue weighted by Crippen LogP contribution is 2.31. The van der Waals surface area contributed by atoms with Gasteiger partial charge in [0.05, 0.1) is 12.0 Å². The van der Waals surface area contributed by atoms with Crippen LogP contribution in [0.1, 0.15) is 43.2 Å². The lowest BCUT2D eigenvalue weighted by Gasteiger charge is -2.33. The van der Waals surface area contributed by atoms with E-state index in [-0.39, 0.29) is 35.7 Å². The van der Waals surface area contributed by atoms with Crippen molar-refractivity contribution < 1.29 is 24.0 Å². The van der Waals surface area contributed by atoms with Crippen LogP contribution in [-0.4, -0.2) is 47.4 Å². The second kappa shape index (κ2) is 14.5. The number of nitrogens with one attached hydrogen (secondary N) is 1. The number of benzene rings is 3. The van der Waals surface area contributed by atoms with Gasteiger partial charge in [-0.05, 0) is 36.1 Å². The number of carbonyl (C=O) groups is 2. The lowest BCUT2D eigenvalue weighted by Crippen LogP contribution is -2.53. The quantitative estimate of drug-likeness (QED) is 0.217. The van der Waals surface area contributed by atoms with E-state index in [9.17, 15) is 19.7 Å². The Morgan fingerprint density at radius 3 is 2.44 bits per heavy atom. The van der Waals surface area contributed by atoms with Crippen molar-refractivity contribution >= 4 is 29.1 Å². The van der Waals surface area contributed by atoms with Gasteiger partial charge in [0, 0.05) is 36.2 Å². The highest BCUT2D eigenvalue weighted by molar-refractivity contribution is 6.31. The zero-order chi connectivity index (χ0) is 29.2. The van der Waals surface area contributed by atoms with Crippen LogP contribution >= 0.6 is 11.6 Å². The number of ether oxygens (including phenoxy) is 2. The third-order valence-electron chi connectivity index (χ3n) is 7.23. The Kier molecular flexibility index (Phi) is 10.6. The monoisotopic (exact) mass is 579 g/mol. The average Bonchev–Trinajstić information content (AvgIpc) is 2.99. The lowest BCUT2D eigenvalue weighted by atomic mass is 9.94. The van der Waals surface area contributed by atoms with Crippen LogP contribution in [0.4, 0.5) is 5.69 Å². The van der Waals surface area contributed by atoms with Gasteiger partial charge in [0.1, 0.15) is 11.8 Å². The molecule has 0 heterocycles. The Morgan fingerprint density at radius 1 is 1.05 bits per heavy atom. The first-order chi connectivity index (χ1) is 19.9. The van der Waals surface area contributed by atoms with Gasteiger partial charge >= 0.3 is 5.69 Å². The number of nitro benzene ring substituents is 1. The van der Waals surface area contributed by atoms with E-state index in [2.05, 4.69) is 5.32 Å². The van der Waals surface area contributed by atoms with Crippen LogP contribution in [0.15, 0.2) is 72.8 Å². The molecule has 9 nitrogen and oxygen atoms in total. The zero-order valence-electron chi connectivity index (χ0n) is 23.0. The Morgan fingerprint density at radius 2 is 1.76 bits per heavy atom. The largest absolute Gasteiger partial charge is 0.490 e. The fourth-order valence-electron chi connectivity index (χ4n) is 5.03. The minimum atomic E-state index is -0.821. The van der Waals surface area contributed by atoms with Gasteiger partial charge in [-0.2, -0.15) is 0 Å². The smallest absolute Gasteiger partial charge is 0.311 e. The zero-order valence-corrected chi connectivity index (χ0v) is 23.7. The first-order valence-electron chi connectivity index (χ1n) is 13.7. The van der Waals surface area contributed by atoms with E-state index in [4.69, 9.17) is 21.1 Å². The number of carbonyl (C=O) groups excluding carboxylic acids is 2. The first kappa shape index (κ1) is 29.9. The molecular weight excluding hydrogens is 546 g/mol. The second-order valence-electron chi connectivity index (χ2n) is 10.0. The van der Waals surface area contributed by atoms with Crippen LogP contribution in [0.25, 0.3) is 0 Å². The Bertz CT molecular complexity index is 1350. The highest BCUT2D eigenvalue weighted by Gasteiger charge is 2.32. The third kappa shape index (κ3) is 8.20. The van der Waals surface area contributed by atoms with Gasteiger partial charge < -0.3 is 19.7 Å². The summed E-state index contributed by atoms with van der Waals surface area (Å²) in [6, 6.07) is 20.0. The van der Waals surface area contributed by atoms with E-state index in [1.54, 1.807) is 12.1 Å². The standard InChI is InChI=1S/C31H34ClN3O6/c1-40-29-19-25(16-17-27(29)35(38)39)41-21-30(36)34(20-23-12-8-9-15-26(23)32)28(18-22-10-4-2-5-11-22)31(37)33-24-13-6-3-7-14-24/h2,4-5,8-12,15-17,19,24,28H,3,6-7,13-14,18,20-21H2,1H3,(H,33,37)/t28-/m0/s1. The van der Waals surface area contributed by atoms with E-state index in [1.165, 1.54) is 30.2 Å². The molecule has 1 N–H and O–H groups in total. The van der Waals surface area contributed by atoms with Gasteiger partial charge in [-0.15, -0.1) is 0 Å². The van der Waals surface area contributed by atoms with Gasteiger partial charge in [0.25, 0.3) is 5.91 Å². The van der Waals surface area contributed by atoms with Gasteiger partial charge in [0.2, 0.25) is 11.7 Å². The maximum atomic E-state index is 13.8. The number of amides is 2. The fourth-order valence-corrected chi connectivity index (χ4v) is 5.23. The van der Waals surface area contributed by atoms with Crippen LogP contribution in [0, 0.1) is 10.1 Å². The number of halogens is 1. The van der Waals surface area contributed by atoms with Crippen molar-refractivity contribution in [3.05, 3.63) is 99.1 Å². The summed E-state index contributed by atoms with van der Waals surface area (Å²) in [5.41, 5.74) is 1.39. The summed E-state index contributed by atoms with van der Waals surface area (Å²) in [6.07, 6.45) is 5.40.